The molecule has 0 spiro atoms. The second-order valence-electron chi connectivity index (χ2n) is 7.10. The molecule has 1 aromatic heterocycles. The van der Waals surface area contributed by atoms with Crippen LogP contribution in [0, 0.1) is 0 Å². The van der Waals surface area contributed by atoms with E-state index in [9.17, 15) is 14.7 Å². The minimum Gasteiger partial charge on any atom is -0.507 e. The van der Waals surface area contributed by atoms with Crippen LogP contribution in [0.15, 0.2) is 60.4 Å². The van der Waals surface area contributed by atoms with E-state index in [2.05, 4.69) is 9.88 Å². The normalized spacial score (nSPS) is 22.2. The monoisotopic (exact) mass is 393 g/mol. The van der Waals surface area contributed by atoms with Crippen molar-refractivity contribution in [2.45, 2.75) is 6.04 Å². The van der Waals surface area contributed by atoms with Crippen LogP contribution in [0.3, 0.4) is 0 Å². The molecule has 0 bridgehead atoms. The van der Waals surface area contributed by atoms with Gasteiger partial charge in [0.2, 0.25) is 0 Å². The highest BCUT2D eigenvalue weighted by Gasteiger charge is 2.46. The van der Waals surface area contributed by atoms with Gasteiger partial charge in [-0.1, -0.05) is 36.4 Å². The molecule has 2 aliphatic rings. The molecule has 0 aliphatic carbocycles. The standard InChI is InChI=1S/C22H23N3O4/c26-20(16-5-2-1-3-6-16)18-19(17-7-4-8-23-15-17)25(22(28)21(18)27)10-9-24-11-13-29-14-12-24/h1-8,15,19,26H,9-14H2/t19-/m1/s1. The van der Waals surface area contributed by atoms with Crippen LogP contribution in [0.4, 0.5) is 0 Å². The van der Waals surface area contributed by atoms with Crippen LogP contribution >= 0.6 is 0 Å². The number of rotatable bonds is 5. The quantitative estimate of drug-likeness (QED) is 0.474. The van der Waals surface area contributed by atoms with Gasteiger partial charge in [0.05, 0.1) is 24.8 Å². The van der Waals surface area contributed by atoms with Crippen molar-refractivity contribution in [2.24, 2.45) is 0 Å². The van der Waals surface area contributed by atoms with Gasteiger partial charge in [-0.3, -0.25) is 19.5 Å². The Morgan fingerprint density at radius 1 is 1.07 bits per heavy atom. The van der Waals surface area contributed by atoms with Crippen LogP contribution in [0.2, 0.25) is 0 Å². The molecule has 7 nitrogen and oxygen atoms in total. The number of benzene rings is 1. The highest BCUT2D eigenvalue weighted by molar-refractivity contribution is 6.46. The fourth-order valence-corrected chi connectivity index (χ4v) is 3.82. The minimum atomic E-state index is -0.665. The van der Waals surface area contributed by atoms with Crippen molar-refractivity contribution in [3.8, 4) is 0 Å². The molecule has 2 saturated heterocycles. The predicted octanol–water partition coefficient (Wildman–Crippen LogP) is 1.84. The molecule has 2 aromatic rings. The number of Topliss-reactive ketones (excluding diaryl/α,β-unsaturated/α-hetero) is 1. The molecule has 2 aliphatic heterocycles. The number of ketones is 1. The van der Waals surface area contributed by atoms with E-state index in [1.165, 1.54) is 0 Å². The number of pyridine rings is 1. The number of hydrogen-bond acceptors (Lipinski definition) is 6. The third kappa shape index (κ3) is 3.92. The summed E-state index contributed by atoms with van der Waals surface area (Å²) in [5, 5.41) is 10.9. The maximum absolute atomic E-state index is 12.9. The van der Waals surface area contributed by atoms with Gasteiger partial charge in [-0.15, -0.1) is 0 Å². The van der Waals surface area contributed by atoms with E-state index in [0.29, 0.717) is 37.4 Å². The summed E-state index contributed by atoms with van der Waals surface area (Å²) in [6.07, 6.45) is 3.27. The largest absolute Gasteiger partial charge is 0.507 e. The number of aromatic nitrogens is 1. The number of morpholine rings is 1. The molecule has 150 valence electrons. The van der Waals surface area contributed by atoms with Crippen LogP contribution in [0.1, 0.15) is 17.2 Å². The first-order valence-electron chi connectivity index (χ1n) is 9.70. The van der Waals surface area contributed by atoms with E-state index in [-0.39, 0.29) is 11.3 Å². The number of amides is 1. The first kappa shape index (κ1) is 19.3. The molecule has 1 amide bonds. The summed E-state index contributed by atoms with van der Waals surface area (Å²) >= 11 is 0. The Kier molecular flexibility index (Phi) is 5.69. The van der Waals surface area contributed by atoms with Crippen LogP contribution in [0.5, 0.6) is 0 Å². The molecule has 0 unspecified atom stereocenters. The topological polar surface area (TPSA) is 83.0 Å². The second-order valence-corrected chi connectivity index (χ2v) is 7.10. The molecule has 29 heavy (non-hydrogen) atoms. The molecule has 4 rings (SSSR count). The van der Waals surface area contributed by atoms with E-state index >= 15 is 0 Å². The van der Waals surface area contributed by atoms with Gasteiger partial charge in [0, 0.05) is 44.1 Å². The van der Waals surface area contributed by atoms with Crippen molar-refractivity contribution in [1.82, 2.24) is 14.8 Å². The van der Waals surface area contributed by atoms with Gasteiger partial charge in [0.15, 0.2) is 0 Å². The number of nitrogens with zero attached hydrogens (tertiary/aromatic N) is 3. The maximum Gasteiger partial charge on any atom is 0.295 e. The Hall–Kier alpha value is -3.03. The first-order valence-corrected chi connectivity index (χ1v) is 9.70. The summed E-state index contributed by atoms with van der Waals surface area (Å²) in [4.78, 5) is 33.7. The molecule has 7 heteroatoms. The number of carbonyl (C=O) groups is 2. The lowest BCUT2D eigenvalue weighted by Gasteiger charge is -2.30. The number of aliphatic hydroxyl groups is 1. The van der Waals surface area contributed by atoms with Crippen molar-refractivity contribution in [2.75, 3.05) is 39.4 Å². The highest BCUT2D eigenvalue weighted by atomic mass is 16.5. The van der Waals surface area contributed by atoms with Crippen molar-refractivity contribution in [1.29, 1.82) is 0 Å². The lowest BCUT2D eigenvalue weighted by molar-refractivity contribution is -0.140. The third-order valence-electron chi connectivity index (χ3n) is 5.35. The summed E-state index contributed by atoms with van der Waals surface area (Å²) in [5.41, 5.74) is 1.31. The lowest BCUT2D eigenvalue weighted by Crippen LogP contribution is -2.42. The van der Waals surface area contributed by atoms with Gasteiger partial charge in [-0.2, -0.15) is 0 Å². The Morgan fingerprint density at radius 3 is 2.52 bits per heavy atom. The average molecular weight is 393 g/mol. The van der Waals surface area contributed by atoms with Crippen molar-refractivity contribution in [3.63, 3.8) is 0 Å². The predicted molar refractivity (Wildman–Crippen MR) is 107 cm³/mol. The Bertz CT molecular complexity index is 908. The molecular formula is C22H23N3O4. The first-order chi connectivity index (χ1) is 14.2. The molecule has 0 saturated carbocycles. The molecule has 0 radical (unpaired) electrons. The van der Waals surface area contributed by atoms with Crippen LogP contribution < -0.4 is 0 Å². The fourth-order valence-electron chi connectivity index (χ4n) is 3.82. The maximum atomic E-state index is 12.9. The molecule has 3 heterocycles. The zero-order valence-electron chi connectivity index (χ0n) is 16.0. The second kappa shape index (κ2) is 8.55. The Labute approximate surface area is 169 Å². The molecule has 1 atom stereocenters. The van der Waals surface area contributed by atoms with E-state index in [1.54, 1.807) is 47.6 Å². The summed E-state index contributed by atoms with van der Waals surface area (Å²) < 4.78 is 5.37. The van der Waals surface area contributed by atoms with Crippen LogP contribution in [-0.4, -0.2) is 71.0 Å². The highest BCUT2D eigenvalue weighted by Crippen LogP contribution is 2.38. The third-order valence-corrected chi connectivity index (χ3v) is 5.35. The van der Waals surface area contributed by atoms with Gasteiger partial charge in [0.25, 0.3) is 11.7 Å². The SMILES string of the molecule is O=C1C(=O)N(CCN2CCOCC2)[C@H](c2cccnc2)C1=C(O)c1ccccc1. The molecular weight excluding hydrogens is 370 g/mol. The lowest BCUT2D eigenvalue weighted by atomic mass is 9.96. The van der Waals surface area contributed by atoms with Gasteiger partial charge in [-0.25, -0.2) is 0 Å². The zero-order chi connectivity index (χ0) is 20.2. The number of carbonyl (C=O) groups excluding carboxylic acids is 2. The Morgan fingerprint density at radius 2 is 1.83 bits per heavy atom. The van der Waals surface area contributed by atoms with Crippen molar-refractivity contribution >= 4 is 17.4 Å². The smallest absolute Gasteiger partial charge is 0.295 e. The molecule has 2 fully saturated rings. The van der Waals surface area contributed by atoms with Crippen LogP contribution in [0.25, 0.3) is 5.76 Å². The Balaban J connectivity index is 1.70. The number of hydrogen-bond donors (Lipinski definition) is 1. The van der Waals surface area contributed by atoms with E-state index in [1.807, 2.05) is 12.1 Å². The van der Waals surface area contributed by atoms with E-state index in [0.717, 1.165) is 13.1 Å². The summed E-state index contributed by atoms with van der Waals surface area (Å²) in [6, 6.07) is 11.8. The molecule has 1 N–H and O–H groups in total. The van der Waals surface area contributed by atoms with Gasteiger partial charge in [-0.05, 0) is 11.6 Å². The summed E-state index contributed by atoms with van der Waals surface area (Å²) in [6.45, 7) is 3.95. The van der Waals surface area contributed by atoms with Crippen molar-refractivity contribution in [3.05, 3.63) is 71.6 Å². The van der Waals surface area contributed by atoms with Gasteiger partial charge in [0.1, 0.15) is 5.76 Å². The average Bonchev–Trinajstić information content (AvgIpc) is 3.04. The zero-order valence-corrected chi connectivity index (χ0v) is 16.0. The van der Waals surface area contributed by atoms with Gasteiger partial charge < -0.3 is 14.7 Å². The number of ether oxygens (including phenoxy) is 1. The van der Waals surface area contributed by atoms with Crippen LogP contribution in [-0.2, 0) is 14.3 Å². The minimum absolute atomic E-state index is 0.108. The fraction of sp³-hybridized carbons (Fsp3) is 0.318. The number of aliphatic hydroxyl groups excluding tert-OH is 1. The van der Waals surface area contributed by atoms with Crippen molar-refractivity contribution < 1.29 is 19.4 Å². The van der Waals surface area contributed by atoms with E-state index in [4.69, 9.17) is 4.74 Å². The summed E-state index contributed by atoms with van der Waals surface area (Å²) in [5.74, 6) is -1.42. The summed E-state index contributed by atoms with van der Waals surface area (Å²) in [7, 11) is 0. The van der Waals surface area contributed by atoms with Gasteiger partial charge >= 0.3 is 0 Å². The van der Waals surface area contributed by atoms with E-state index < -0.39 is 17.7 Å². The number of likely N-dealkylation sites (tertiary alicyclic amines) is 1. The molecule has 1 aromatic carbocycles.